The van der Waals surface area contributed by atoms with E-state index in [1.54, 1.807) is 11.8 Å². The van der Waals surface area contributed by atoms with Crippen molar-refractivity contribution in [1.82, 2.24) is 0 Å². The third kappa shape index (κ3) is 4.62. The lowest BCUT2D eigenvalue weighted by Gasteiger charge is -2.28. The maximum Gasteiger partial charge on any atom is 0.238 e. The number of nitrogens with one attached hydrogen (secondary N) is 1. The predicted octanol–water partition coefficient (Wildman–Crippen LogP) is 5.79. The first-order chi connectivity index (χ1) is 13.7. The van der Waals surface area contributed by atoms with Crippen molar-refractivity contribution in [3.63, 3.8) is 0 Å². The van der Waals surface area contributed by atoms with Gasteiger partial charge in [0.25, 0.3) is 0 Å². The third-order valence-corrected chi connectivity index (χ3v) is 6.95. The predicted molar refractivity (Wildman–Crippen MR) is 123 cm³/mol. The molecule has 0 radical (unpaired) electrons. The molecule has 1 saturated heterocycles. The standard InChI is InChI=1S/C23H27ClN2O2S/c1-15(2)18-10-5-6-11-19(18)26-20(27)13-29-21(26)16-8-7-9-17(12-16)25-22(28)23(3,4)14-24/h5-12,15,21H,13-14H2,1-4H3,(H,25,28)/t21-/m1/s1. The maximum atomic E-state index is 12.8. The fraction of sp³-hybridized carbons (Fsp3) is 0.391. The minimum absolute atomic E-state index is 0.103. The first kappa shape index (κ1) is 21.7. The lowest BCUT2D eigenvalue weighted by Crippen LogP contribution is -2.32. The van der Waals surface area contributed by atoms with Crippen LogP contribution in [0.25, 0.3) is 0 Å². The van der Waals surface area contributed by atoms with Crippen molar-refractivity contribution in [3.8, 4) is 0 Å². The van der Waals surface area contributed by atoms with Gasteiger partial charge in [0.15, 0.2) is 0 Å². The van der Waals surface area contributed by atoms with E-state index in [4.69, 9.17) is 11.6 Å². The van der Waals surface area contributed by atoms with Crippen LogP contribution in [0.2, 0.25) is 0 Å². The van der Waals surface area contributed by atoms with Crippen molar-refractivity contribution in [1.29, 1.82) is 0 Å². The van der Waals surface area contributed by atoms with Gasteiger partial charge in [-0.25, -0.2) is 0 Å². The highest BCUT2D eigenvalue weighted by molar-refractivity contribution is 8.00. The first-order valence-corrected chi connectivity index (χ1v) is 11.3. The second-order valence-corrected chi connectivity index (χ2v) is 9.57. The Balaban J connectivity index is 1.92. The molecule has 2 aromatic rings. The number of halogens is 1. The van der Waals surface area contributed by atoms with Crippen LogP contribution in [-0.4, -0.2) is 23.4 Å². The van der Waals surface area contributed by atoms with E-state index in [0.29, 0.717) is 17.4 Å². The van der Waals surface area contributed by atoms with Crippen molar-refractivity contribution in [2.45, 2.75) is 39.0 Å². The van der Waals surface area contributed by atoms with Crippen molar-refractivity contribution < 1.29 is 9.59 Å². The molecule has 3 rings (SSSR count). The number of amides is 2. The minimum Gasteiger partial charge on any atom is -0.326 e. The maximum absolute atomic E-state index is 12.8. The zero-order chi connectivity index (χ0) is 21.2. The number of para-hydroxylation sites is 1. The summed E-state index contributed by atoms with van der Waals surface area (Å²) in [4.78, 5) is 27.2. The van der Waals surface area contributed by atoms with E-state index in [0.717, 1.165) is 16.8 Å². The van der Waals surface area contributed by atoms with Gasteiger partial charge in [0, 0.05) is 17.3 Å². The molecule has 2 amide bonds. The van der Waals surface area contributed by atoms with Crippen molar-refractivity contribution in [3.05, 3.63) is 59.7 Å². The van der Waals surface area contributed by atoms with Gasteiger partial charge in [0.05, 0.1) is 11.2 Å². The summed E-state index contributed by atoms with van der Waals surface area (Å²) in [7, 11) is 0. The number of alkyl halides is 1. The molecule has 0 bridgehead atoms. The summed E-state index contributed by atoms with van der Waals surface area (Å²) in [5.41, 5.74) is 3.16. The molecule has 29 heavy (non-hydrogen) atoms. The summed E-state index contributed by atoms with van der Waals surface area (Å²) < 4.78 is 0. The summed E-state index contributed by atoms with van der Waals surface area (Å²) in [6, 6.07) is 15.8. The van der Waals surface area contributed by atoms with Gasteiger partial charge in [-0.3, -0.25) is 14.5 Å². The van der Waals surface area contributed by atoms with Gasteiger partial charge in [-0.1, -0.05) is 44.2 Å². The van der Waals surface area contributed by atoms with Crippen LogP contribution < -0.4 is 10.2 Å². The number of carbonyl (C=O) groups is 2. The van der Waals surface area contributed by atoms with Gasteiger partial charge in [-0.2, -0.15) is 0 Å². The van der Waals surface area contributed by atoms with Crippen molar-refractivity contribution in [2.75, 3.05) is 21.8 Å². The highest BCUT2D eigenvalue weighted by Gasteiger charge is 2.35. The van der Waals surface area contributed by atoms with Crippen molar-refractivity contribution in [2.24, 2.45) is 5.41 Å². The number of anilines is 2. The molecule has 2 aromatic carbocycles. The molecular weight excluding hydrogens is 404 g/mol. The van der Waals surface area contributed by atoms with Gasteiger partial charge < -0.3 is 5.32 Å². The van der Waals surface area contributed by atoms with Crippen molar-refractivity contribution >= 4 is 46.6 Å². The van der Waals surface area contributed by atoms with Crippen LogP contribution in [0.3, 0.4) is 0 Å². The lowest BCUT2D eigenvalue weighted by molar-refractivity contribution is -0.123. The largest absolute Gasteiger partial charge is 0.326 e. The Morgan fingerprint density at radius 2 is 1.97 bits per heavy atom. The molecule has 4 nitrogen and oxygen atoms in total. The van der Waals surface area contributed by atoms with E-state index in [2.05, 4.69) is 25.2 Å². The summed E-state index contributed by atoms with van der Waals surface area (Å²) in [6.45, 7) is 7.90. The Labute approximate surface area is 182 Å². The Kier molecular flexibility index (Phi) is 6.59. The number of thioether (sulfide) groups is 1. The Morgan fingerprint density at radius 3 is 2.66 bits per heavy atom. The Bertz CT molecular complexity index is 913. The molecule has 0 saturated carbocycles. The average molecular weight is 431 g/mol. The van der Waals surface area contributed by atoms with E-state index in [1.807, 2.05) is 61.2 Å². The fourth-order valence-electron chi connectivity index (χ4n) is 3.26. The average Bonchev–Trinajstić information content (AvgIpc) is 3.09. The molecule has 1 heterocycles. The molecule has 1 atom stereocenters. The van der Waals surface area contributed by atoms with Gasteiger partial charge in [-0.15, -0.1) is 23.4 Å². The number of carbonyl (C=O) groups excluding carboxylic acids is 2. The highest BCUT2D eigenvalue weighted by Crippen LogP contribution is 2.44. The fourth-order valence-corrected chi connectivity index (χ4v) is 4.54. The van der Waals surface area contributed by atoms with E-state index < -0.39 is 5.41 Å². The molecule has 0 spiro atoms. The molecule has 0 aliphatic carbocycles. The third-order valence-electron chi connectivity index (χ3n) is 5.06. The quantitative estimate of drug-likeness (QED) is 0.590. The van der Waals surface area contributed by atoms with Gasteiger partial charge in [-0.05, 0) is 49.1 Å². The number of hydrogen-bond acceptors (Lipinski definition) is 3. The van der Waals surface area contributed by atoms with Crippen LogP contribution in [0.5, 0.6) is 0 Å². The van der Waals surface area contributed by atoms with E-state index in [1.165, 1.54) is 0 Å². The molecule has 1 aliphatic heterocycles. The van der Waals surface area contributed by atoms with Crippen LogP contribution >= 0.6 is 23.4 Å². The number of hydrogen-bond donors (Lipinski definition) is 1. The van der Waals surface area contributed by atoms with Crippen LogP contribution in [-0.2, 0) is 9.59 Å². The second kappa shape index (κ2) is 8.80. The molecule has 0 unspecified atom stereocenters. The van der Waals surface area contributed by atoms with Crippen LogP contribution in [0.4, 0.5) is 11.4 Å². The number of benzene rings is 2. The first-order valence-electron chi connectivity index (χ1n) is 9.74. The van der Waals surface area contributed by atoms with Crippen LogP contribution in [0, 0.1) is 5.41 Å². The summed E-state index contributed by atoms with van der Waals surface area (Å²) in [6.07, 6.45) is 0. The highest BCUT2D eigenvalue weighted by atomic mass is 35.5. The summed E-state index contributed by atoms with van der Waals surface area (Å²) >= 11 is 7.53. The molecule has 1 aliphatic rings. The summed E-state index contributed by atoms with van der Waals surface area (Å²) in [5.74, 6) is 0.972. The molecule has 1 N–H and O–H groups in total. The normalized spacial score (nSPS) is 17.1. The van der Waals surface area contributed by atoms with Crippen LogP contribution in [0.1, 0.15) is 50.1 Å². The van der Waals surface area contributed by atoms with Gasteiger partial charge >= 0.3 is 0 Å². The lowest BCUT2D eigenvalue weighted by atomic mass is 9.95. The number of rotatable bonds is 6. The molecular formula is C23H27ClN2O2S. The topological polar surface area (TPSA) is 49.4 Å². The molecule has 1 fully saturated rings. The molecule has 154 valence electrons. The monoisotopic (exact) mass is 430 g/mol. The van der Waals surface area contributed by atoms with E-state index in [9.17, 15) is 9.59 Å². The summed E-state index contributed by atoms with van der Waals surface area (Å²) in [5, 5.41) is 2.83. The van der Waals surface area contributed by atoms with Gasteiger partial charge in [0.2, 0.25) is 11.8 Å². The Hall–Kier alpha value is -1.98. The molecule has 0 aromatic heterocycles. The number of nitrogens with zero attached hydrogens (tertiary/aromatic N) is 1. The smallest absolute Gasteiger partial charge is 0.238 e. The zero-order valence-corrected chi connectivity index (χ0v) is 18.8. The molecule has 6 heteroatoms. The SMILES string of the molecule is CC(C)c1ccccc1N1C(=O)CS[C@@H]1c1cccc(NC(=O)C(C)(C)CCl)c1. The van der Waals surface area contributed by atoms with E-state index in [-0.39, 0.29) is 23.1 Å². The second-order valence-electron chi connectivity index (χ2n) is 8.24. The zero-order valence-electron chi connectivity index (χ0n) is 17.2. The van der Waals surface area contributed by atoms with Gasteiger partial charge in [0.1, 0.15) is 5.37 Å². The Morgan fingerprint density at radius 1 is 1.24 bits per heavy atom. The van der Waals surface area contributed by atoms with E-state index >= 15 is 0 Å². The van der Waals surface area contributed by atoms with Crippen LogP contribution in [0.15, 0.2) is 48.5 Å². The minimum atomic E-state index is -0.655.